The lowest BCUT2D eigenvalue weighted by atomic mass is 9.46. The number of para-hydroxylation sites is 4. The van der Waals surface area contributed by atoms with Gasteiger partial charge in [-0.05, 0) is 104 Å². The summed E-state index contributed by atoms with van der Waals surface area (Å²) in [6, 6.07) is 113. The number of hydrogen-bond donors (Lipinski definition) is 0. The van der Waals surface area contributed by atoms with E-state index in [1.165, 1.54) is 86.6 Å². The summed E-state index contributed by atoms with van der Waals surface area (Å²) < 4.78 is 4.94. The van der Waals surface area contributed by atoms with Crippen molar-refractivity contribution >= 4 is 102 Å². The second-order valence-corrected chi connectivity index (χ2v) is 24.2. The lowest BCUT2D eigenvalue weighted by molar-refractivity contribution is 1.16. The van der Waals surface area contributed by atoms with E-state index in [2.05, 4.69) is 317 Å². The van der Waals surface area contributed by atoms with Gasteiger partial charge in [-0.2, -0.15) is 0 Å². The first-order valence-electron chi connectivity index (χ1n) is 26.7. The van der Waals surface area contributed by atoms with Gasteiger partial charge >= 0.3 is 6.85 Å². The number of benzene rings is 12. The second kappa shape index (κ2) is 18.3. The van der Waals surface area contributed by atoms with Crippen LogP contribution < -0.4 is 36.5 Å². The van der Waals surface area contributed by atoms with Gasteiger partial charge in [0.2, 0.25) is 0 Å². The van der Waals surface area contributed by atoms with Crippen molar-refractivity contribution in [3.8, 4) is 33.6 Å². The summed E-state index contributed by atoms with van der Waals surface area (Å²) in [6.45, 7) is -0.0991. The van der Waals surface area contributed by atoms with Crippen LogP contribution in [0.25, 0.3) is 77.2 Å². The molecule has 3 nitrogen and oxygen atoms in total. The highest BCUT2D eigenvalue weighted by molar-refractivity contribution is 7.20. The van der Waals surface area contributed by atoms with Crippen LogP contribution in [-0.4, -0.2) is 24.1 Å². The Bertz CT molecular complexity index is 4380. The molecule has 0 aliphatic carbocycles. The fourth-order valence-electron chi connectivity index (χ4n) is 13.0. The van der Waals surface area contributed by atoms with Crippen molar-refractivity contribution in [2.75, 3.05) is 4.81 Å². The van der Waals surface area contributed by atoms with Crippen LogP contribution in [0.5, 0.6) is 0 Å². The lowest BCUT2D eigenvalue weighted by Gasteiger charge is -2.39. The highest BCUT2D eigenvalue weighted by Crippen LogP contribution is 2.43. The fraction of sp³-hybridized carbons (Fsp3) is 0. The maximum Gasteiger partial charge on any atom is 0.328 e. The molecule has 14 aromatic rings. The number of hydrogen-bond acceptors (Lipinski definition) is 1. The molecular weight excluding hydrogens is 946 g/mol. The zero-order valence-corrected chi connectivity index (χ0v) is 43.3. The number of rotatable bonds is 9. The van der Waals surface area contributed by atoms with Gasteiger partial charge in [0.1, 0.15) is 0 Å². The third-order valence-corrected chi connectivity index (χ3v) is 21.0. The quantitative estimate of drug-likeness (QED) is 0.104. The van der Waals surface area contributed by atoms with Gasteiger partial charge in [-0.3, -0.25) is 0 Å². The SMILES string of the molecule is c1ccc(B2c3ccccc3-c3ccccc3N2c2cc(-c3cccc([Si](c4ccccc4)(c4ccccc4)c4ccccc4)c3)cc(-n3c4ccccc4c4cc(-n5c6ccccc6c6ccccc65)ccc43)c2)cc1. The van der Waals surface area contributed by atoms with E-state index in [0.29, 0.717) is 0 Å². The molecular formula is C72H50BN3Si. The fourth-order valence-corrected chi connectivity index (χ4v) is 17.8. The Morgan fingerprint density at radius 2 is 0.740 bits per heavy atom. The summed E-state index contributed by atoms with van der Waals surface area (Å²) in [5.41, 5.74) is 16.6. The van der Waals surface area contributed by atoms with Crippen LogP contribution in [0, 0.1) is 0 Å². The van der Waals surface area contributed by atoms with E-state index in [9.17, 15) is 0 Å². The second-order valence-electron chi connectivity index (χ2n) is 20.4. The zero-order valence-electron chi connectivity index (χ0n) is 42.3. The van der Waals surface area contributed by atoms with Crippen LogP contribution in [-0.2, 0) is 0 Å². The number of aromatic nitrogens is 2. The Morgan fingerprint density at radius 3 is 1.36 bits per heavy atom. The summed E-state index contributed by atoms with van der Waals surface area (Å²) >= 11 is 0. The van der Waals surface area contributed by atoms with Crippen LogP contribution in [0.2, 0.25) is 0 Å². The van der Waals surface area contributed by atoms with Crippen LogP contribution in [0.4, 0.5) is 11.4 Å². The minimum atomic E-state index is -2.87. The Kier molecular flexibility index (Phi) is 10.6. The topological polar surface area (TPSA) is 13.1 Å². The Balaban J connectivity index is 1.01. The summed E-state index contributed by atoms with van der Waals surface area (Å²) in [4.78, 5) is 2.61. The third kappa shape index (κ3) is 7.12. The van der Waals surface area contributed by atoms with E-state index in [4.69, 9.17) is 0 Å². The smallest absolute Gasteiger partial charge is 0.328 e. The molecule has 0 fully saturated rings. The van der Waals surface area contributed by atoms with Gasteiger partial charge in [0, 0.05) is 49.9 Å². The van der Waals surface area contributed by atoms with E-state index >= 15 is 0 Å². The molecule has 0 atom stereocenters. The predicted molar refractivity (Wildman–Crippen MR) is 330 cm³/mol. The molecule has 360 valence electrons. The van der Waals surface area contributed by atoms with Crippen molar-refractivity contribution in [1.29, 1.82) is 0 Å². The molecule has 1 aliphatic rings. The van der Waals surface area contributed by atoms with Crippen LogP contribution in [0.3, 0.4) is 0 Å². The molecule has 0 unspecified atom stereocenters. The lowest BCUT2D eigenvalue weighted by Crippen LogP contribution is -2.74. The van der Waals surface area contributed by atoms with Gasteiger partial charge in [-0.25, -0.2) is 0 Å². The largest absolute Gasteiger partial charge is 0.376 e. The average molecular weight is 996 g/mol. The van der Waals surface area contributed by atoms with Gasteiger partial charge < -0.3 is 13.9 Å². The van der Waals surface area contributed by atoms with E-state index in [0.717, 1.165) is 33.7 Å². The zero-order chi connectivity index (χ0) is 50.9. The van der Waals surface area contributed by atoms with Crippen molar-refractivity contribution in [3.05, 3.63) is 303 Å². The molecule has 2 aromatic heterocycles. The third-order valence-electron chi connectivity index (χ3n) is 16.3. The molecule has 5 heteroatoms. The molecule has 0 spiro atoms. The molecule has 3 heterocycles. The Labute approximate surface area is 449 Å². The summed E-state index contributed by atoms with van der Waals surface area (Å²) in [6.07, 6.45) is 0. The van der Waals surface area contributed by atoms with Crippen LogP contribution in [0.1, 0.15) is 0 Å². The molecule has 1 aliphatic heterocycles. The van der Waals surface area contributed by atoms with E-state index in [-0.39, 0.29) is 6.85 Å². The van der Waals surface area contributed by atoms with E-state index < -0.39 is 8.07 Å². The molecule has 15 rings (SSSR count). The first-order valence-corrected chi connectivity index (χ1v) is 28.7. The highest BCUT2D eigenvalue weighted by atomic mass is 28.3. The van der Waals surface area contributed by atoms with Gasteiger partial charge in [0.05, 0.1) is 22.1 Å². The van der Waals surface area contributed by atoms with E-state index in [1.54, 1.807) is 0 Å². The standard InChI is InChI=1S/C72H50BN3Si/c1-5-25-53(26-6-1)73-67-39-18-13-34-61(67)62-35-17-22-43-72(62)76(73)56-47-52(51-24-23-33-60(48-51)77(57-27-7-2-8-28-57,58-29-9-3-10-30-58)59-31-11-4-12-32-59)46-55(49-56)75-70-42-21-16-38-65(70)66-50-54(44-45-71(66)75)74-68-40-19-14-36-63(68)64-37-15-20-41-69(64)74/h1-50H. The molecule has 0 N–H and O–H groups in total. The first-order chi connectivity index (χ1) is 38.2. The predicted octanol–water partition coefficient (Wildman–Crippen LogP) is 13.8. The highest BCUT2D eigenvalue weighted by Gasteiger charge is 2.42. The minimum Gasteiger partial charge on any atom is -0.376 e. The average Bonchev–Trinajstić information content (AvgIpc) is 4.05. The molecule has 0 saturated heterocycles. The van der Waals surface area contributed by atoms with Crippen LogP contribution in [0.15, 0.2) is 303 Å². The molecule has 77 heavy (non-hydrogen) atoms. The van der Waals surface area contributed by atoms with Crippen molar-refractivity contribution in [1.82, 2.24) is 9.13 Å². The van der Waals surface area contributed by atoms with E-state index in [1.807, 2.05) is 0 Å². The first kappa shape index (κ1) is 44.8. The summed E-state index contributed by atoms with van der Waals surface area (Å²) in [5.74, 6) is 0. The van der Waals surface area contributed by atoms with Crippen molar-refractivity contribution < 1.29 is 0 Å². The van der Waals surface area contributed by atoms with Gasteiger partial charge in [-0.15, -0.1) is 0 Å². The monoisotopic (exact) mass is 995 g/mol. The van der Waals surface area contributed by atoms with Crippen molar-refractivity contribution in [3.63, 3.8) is 0 Å². The minimum absolute atomic E-state index is 0.0991. The van der Waals surface area contributed by atoms with Crippen molar-refractivity contribution in [2.24, 2.45) is 0 Å². The summed E-state index contributed by atoms with van der Waals surface area (Å²) in [5, 5.41) is 10.3. The maximum atomic E-state index is 2.61. The Hall–Kier alpha value is -9.68. The van der Waals surface area contributed by atoms with Gasteiger partial charge in [-0.1, -0.05) is 248 Å². The molecule has 12 aromatic carbocycles. The number of nitrogens with zero attached hydrogens (tertiary/aromatic N) is 3. The number of fused-ring (bicyclic) bond motifs is 9. The van der Waals surface area contributed by atoms with Crippen molar-refractivity contribution in [2.45, 2.75) is 0 Å². The normalized spacial score (nSPS) is 12.4. The van der Waals surface area contributed by atoms with Crippen LogP contribution >= 0.6 is 0 Å². The molecule has 0 saturated carbocycles. The Morgan fingerprint density at radius 1 is 0.273 bits per heavy atom. The molecule has 0 amide bonds. The van der Waals surface area contributed by atoms with Gasteiger partial charge in [0.15, 0.2) is 8.07 Å². The summed E-state index contributed by atoms with van der Waals surface area (Å²) in [7, 11) is -2.87. The molecule has 0 radical (unpaired) electrons. The number of anilines is 2. The maximum absolute atomic E-state index is 2.87. The molecule has 0 bridgehead atoms. The van der Waals surface area contributed by atoms with Gasteiger partial charge in [0.25, 0.3) is 0 Å².